The Balaban J connectivity index is 2.05. The summed E-state index contributed by atoms with van der Waals surface area (Å²) in [6.07, 6.45) is -9.29. The molecule has 28 heavy (non-hydrogen) atoms. The van der Waals surface area contributed by atoms with E-state index in [4.69, 9.17) is 11.6 Å². The summed E-state index contributed by atoms with van der Waals surface area (Å²) in [5, 5.41) is 4.46. The number of halogens is 7. The minimum absolute atomic E-state index is 0.0778. The molecule has 2 rings (SSSR count). The molecule has 0 aliphatic heterocycles. The highest BCUT2D eigenvalue weighted by Crippen LogP contribution is 2.36. The summed E-state index contributed by atoms with van der Waals surface area (Å²) in [6.45, 7) is -2.04. The van der Waals surface area contributed by atoms with Crippen LogP contribution in [-0.2, 0) is 11.0 Å². The number of para-hydroxylation sites is 2. The molecular weight excluding hydrogens is 414 g/mol. The van der Waals surface area contributed by atoms with Crippen molar-refractivity contribution in [2.75, 3.05) is 23.8 Å². The van der Waals surface area contributed by atoms with E-state index in [1.54, 1.807) is 0 Å². The van der Waals surface area contributed by atoms with Gasteiger partial charge >= 0.3 is 12.4 Å². The number of benzene rings is 2. The third kappa shape index (κ3) is 6.52. The number of ether oxygens (including phenoxy) is 1. The molecule has 0 heterocycles. The minimum atomic E-state index is -4.74. The van der Waals surface area contributed by atoms with E-state index in [0.717, 1.165) is 6.07 Å². The van der Waals surface area contributed by atoms with Crippen LogP contribution in [0.2, 0.25) is 5.02 Å². The van der Waals surface area contributed by atoms with Gasteiger partial charge in [-0.15, -0.1) is 0 Å². The van der Waals surface area contributed by atoms with E-state index in [-0.39, 0.29) is 16.5 Å². The number of amides is 1. The topological polar surface area (TPSA) is 50.4 Å². The standard InChI is InChI=1S/C17H13ClF6N2O2/c18-10-5-6-12(11(7-10)17(22,23)24)26-15(27)8-25-13-3-1-2-4-14(13)28-9-16(19,20)21/h1-7,25H,8-9H2,(H,26,27). The third-order valence-electron chi connectivity index (χ3n) is 3.28. The van der Waals surface area contributed by atoms with Gasteiger partial charge in [0.05, 0.1) is 23.5 Å². The molecule has 0 spiro atoms. The monoisotopic (exact) mass is 426 g/mol. The van der Waals surface area contributed by atoms with Crippen molar-refractivity contribution in [3.05, 3.63) is 53.1 Å². The molecule has 0 saturated carbocycles. The van der Waals surface area contributed by atoms with E-state index in [1.807, 2.05) is 0 Å². The number of carbonyl (C=O) groups excluding carboxylic acids is 1. The molecule has 2 N–H and O–H groups in total. The van der Waals surface area contributed by atoms with E-state index >= 15 is 0 Å². The van der Waals surface area contributed by atoms with Crippen molar-refractivity contribution in [2.24, 2.45) is 0 Å². The Morgan fingerprint density at radius 1 is 1.00 bits per heavy atom. The maximum absolute atomic E-state index is 13.0. The summed E-state index contributed by atoms with van der Waals surface area (Å²) in [4.78, 5) is 12.0. The first-order valence-corrected chi connectivity index (χ1v) is 8.02. The summed E-state index contributed by atoms with van der Waals surface area (Å²) in [5.41, 5.74) is -1.54. The summed E-state index contributed by atoms with van der Waals surface area (Å²) in [5.74, 6) is -1.01. The van der Waals surface area contributed by atoms with Gasteiger partial charge in [0.25, 0.3) is 0 Å². The van der Waals surface area contributed by atoms with Crippen LogP contribution in [0.15, 0.2) is 42.5 Å². The van der Waals surface area contributed by atoms with Gasteiger partial charge in [0.2, 0.25) is 5.91 Å². The lowest BCUT2D eigenvalue weighted by Gasteiger charge is -2.16. The fraction of sp³-hybridized carbons (Fsp3) is 0.235. The molecule has 0 bridgehead atoms. The van der Waals surface area contributed by atoms with Crippen molar-refractivity contribution < 1.29 is 35.9 Å². The molecule has 0 saturated heterocycles. The van der Waals surface area contributed by atoms with Gasteiger partial charge in [0.1, 0.15) is 5.75 Å². The predicted octanol–water partition coefficient (Wildman–Crippen LogP) is 5.35. The van der Waals surface area contributed by atoms with Crippen LogP contribution >= 0.6 is 11.6 Å². The van der Waals surface area contributed by atoms with Crippen LogP contribution in [0.1, 0.15) is 5.56 Å². The molecule has 0 radical (unpaired) electrons. The highest BCUT2D eigenvalue weighted by Gasteiger charge is 2.34. The van der Waals surface area contributed by atoms with Gasteiger partial charge in [-0.05, 0) is 30.3 Å². The van der Waals surface area contributed by atoms with Crippen LogP contribution < -0.4 is 15.4 Å². The Labute approximate surface area is 160 Å². The molecule has 2 aromatic rings. The van der Waals surface area contributed by atoms with E-state index in [2.05, 4.69) is 15.4 Å². The second-order valence-corrected chi connectivity index (χ2v) is 5.93. The maximum atomic E-state index is 13.0. The van der Waals surface area contributed by atoms with Crippen LogP contribution in [-0.4, -0.2) is 25.2 Å². The van der Waals surface area contributed by atoms with Crippen LogP contribution in [0.3, 0.4) is 0 Å². The molecule has 11 heteroatoms. The minimum Gasteiger partial charge on any atom is -0.482 e. The Kier molecular flexibility index (Phi) is 6.65. The summed E-state index contributed by atoms with van der Waals surface area (Å²) >= 11 is 5.56. The van der Waals surface area contributed by atoms with Crippen LogP contribution in [0.5, 0.6) is 5.75 Å². The molecule has 0 aromatic heterocycles. The first-order chi connectivity index (χ1) is 13.0. The maximum Gasteiger partial charge on any atom is 0.422 e. The highest BCUT2D eigenvalue weighted by molar-refractivity contribution is 6.30. The van der Waals surface area contributed by atoms with Crippen molar-refractivity contribution in [1.29, 1.82) is 0 Å². The van der Waals surface area contributed by atoms with Crippen LogP contribution in [0, 0.1) is 0 Å². The second-order valence-electron chi connectivity index (χ2n) is 5.49. The van der Waals surface area contributed by atoms with E-state index in [9.17, 15) is 31.1 Å². The molecule has 152 valence electrons. The molecule has 4 nitrogen and oxygen atoms in total. The van der Waals surface area contributed by atoms with Gasteiger partial charge in [-0.1, -0.05) is 23.7 Å². The fourth-order valence-corrected chi connectivity index (χ4v) is 2.30. The molecular formula is C17H13ClF6N2O2. The number of rotatable bonds is 6. The zero-order valence-corrected chi connectivity index (χ0v) is 14.7. The quantitative estimate of drug-likeness (QED) is 0.612. The Morgan fingerprint density at radius 3 is 2.32 bits per heavy atom. The Morgan fingerprint density at radius 2 is 1.68 bits per heavy atom. The number of anilines is 2. The summed E-state index contributed by atoms with van der Waals surface area (Å²) in [7, 11) is 0. The van der Waals surface area contributed by atoms with E-state index in [0.29, 0.717) is 6.07 Å². The van der Waals surface area contributed by atoms with Crippen molar-refractivity contribution >= 4 is 28.9 Å². The number of hydrogen-bond donors (Lipinski definition) is 2. The lowest BCUT2D eigenvalue weighted by molar-refractivity contribution is -0.153. The van der Waals surface area contributed by atoms with Gasteiger partial charge in [-0.2, -0.15) is 26.3 Å². The zero-order valence-electron chi connectivity index (χ0n) is 13.9. The smallest absolute Gasteiger partial charge is 0.422 e. The Hall–Kier alpha value is -2.62. The van der Waals surface area contributed by atoms with Gasteiger partial charge in [0, 0.05) is 5.02 Å². The molecule has 0 unspecified atom stereocenters. The van der Waals surface area contributed by atoms with Crippen molar-refractivity contribution in [3.63, 3.8) is 0 Å². The van der Waals surface area contributed by atoms with Crippen LogP contribution in [0.4, 0.5) is 37.7 Å². The highest BCUT2D eigenvalue weighted by atomic mass is 35.5. The summed E-state index contributed by atoms with van der Waals surface area (Å²) in [6, 6.07) is 8.39. The van der Waals surface area contributed by atoms with Crippen molar-refractivity contribution in [3.8, 4) is 5.75 Å². The average Bonchev–Trinajstić information content (AvgIpc) is 2.59. The first-order valence-electron chi connectivity index (χ1n) is 7.65. The van der Waals surface area contributed by atoms with Gasteiger partial charge in [-0.25, -0.2) is 0 Å². The number of alkyl halides is 6. The van der Waals surface area contributed by atoms with Crippen molar-refractivity contribution in [2.45, 2.75) is 12.4 Å². The lowest BCUT2D eigenvalue weighted by atomic mass is 10.1. The SMILES string of the molecule is O=C(CNc1ccccc1OCC(F)(F)F)Nc1ccc(Cl)cc1C(F)(F)F. The largest absolute Gasteiger partial charge is 0.482 e. The molecule has 2 aromatic carbocycles. The van der Waals surface area contributed by atoms with Crippen molar-refractivity contribution in [1.82, 2.24) is 0 Å². The molecule has 1 amide bonds. The first kappa shape index (κ1) is 21.7. The second kappa shape index (κ2) is 8.59. The van der Waals surface area contributed by atoms with Gasteiger partial charge < -0.3 is 15.4 Å². The number of carbonyl (C=O) groups is 1. The van der Waals surface area contributed by atoms with Gasteiger partial charge in [0.15, 0.2) is 6.61 Å². The normalized spacial score (nSPS) is 11.8. The predicted molar refractivity (Wildman–Crippen MR) is 91.6 cm³/mol. The summed E-state index contributed by atoms with van der Waals surface area (Å²) < 4.78 is 80.6. The molecule has 0 aliphatic carbocycles. The van der Waals surface area contributed by atoms with E-state index in [1.165, 1.54) is 30.3 Å². The average molecular weight is 427 g/mol. The molecule has 0 aliphatic rings. The van der Waals surface area contributed by atoms with E-state index < -0.39 is 42.7 Å². The Bertz CT molecular complexity index is 839. The fourth-order valence-electron chi connectivity index (χ4n) is 2.13. The third-order valence-corrected chi connectivity index (χ3v) is 3.51. The van der Waals surface area contributed by atoms with Crippen LogP contribution in [0.25, 0.3) is 0 Å². The number of nitrogens with one attached hydrogen (secondary N) is 2. The molecule has 0 atom stereocenters. The number of hydrogen-bond acceptors (Lipinski definition) is 3. The lowest BCUT2D eigenvalue weighted by Crippen LogP contribution is -2.24. The molecule has 0 fully saturated rings. The zero-order chi connectivity index (χ0) is 20.9. The van der Waals surface area contributed by atoms with Gasteiger partial charge in [-0.3, -0.25) is 4.79 Å².